The molecule has 1 aliphatic carbocycles. The van der Waals surface area contributed by atoms with E-state index in [0.29, 0.717) is 24.0 Å². The maximum absolute atomic E-state index is 13.5. The zero-order valence-corrected chi connectivity index (χ0v) is 12.8. The fourth-order valence-corrected chi connectivity index (χ4v) is 3.45. The quantitative estimate of drug-likeness (QED) is 0.843. The molecule has 0 radical (unpaired) electrons. The van der Waals surface area contributed by atoms with E-state index in [1.54, 1.807) is 36.2 Å². The normalized spacial score (nSPS) is 22.4. The summed E-state index contributed by atoms with van der Waals surface area (Å²) >= 11 is 0. The average Bonchev–Trinajstić information content (AvgIpc) is 2.46. The van der Waals surface area contributed by atoms with Gasteiger partial charge in [0.2, 0.25) is 5.91 Å². The van der Waals surface area contributed by atoms with E-state index in [-0.39, 0.29) is 29.8 Å². The molecule has 4 nitrogen and oxygen atoms in total. The second kappa shape index (κ2) is 5.65. The first-order valence-corrected chi connectivity index (χ1v) is 7.51. The van der Waals surface area contributed by atoms with Crippen LogP contribution in [0.5, 0.6) is 0 Å². The molecule has 1 aliphatic heterocycles. The number of hydrazine groups is 1. The second-order valence-corrected chi connectivity index (χ2v) is 6.00. The Morgan fingerprint density at radius 1 is 1.23 bits per heavy atom. The minimum absolute atomic E-state index is 0.0484. The third-order valence-corrected chi connectivity index (χ3v) is 4.30. The number of Topliss-reactive ketones (excluding diaryl/α,β-unsaturated/α-hetero) is 1. The van der Waals surface area contributed by atoms with Crippen LogP contribution in [-0.2, 0) is 9.59 Å². The van der Waals surface area contributed by atoms with Crippen molar-refractivity contribution in [1.82, 2.24) is 10.0 Å². The van der Waals surface area contributed by atoms with E-state index in [1.807, 2.05) is 0 Å². The van der Waals surface area contributed by atoms with Gasteiger partial charge in [0.1, 0.15) is 5.82 Å². The molecule has 1 aromatic carbocycles. The van der Waals surface area contributed by atoms with Crippen LogP contribution in [0.4, 0.5) is 4.39 Å². The molecule has 0 fully saturated rings. The predicted octanol–water partition coefficient (Wildman–Crippen LogP) is 2.63. The zero-order chi connectivity index (χ0) is 15.9. The van der Waals surface area contributed by atoms with E-state index in [9.17, 15) is 14.0 Å². The Balaban J connectivity index is 2.13. The van der Waals surface area contributed by atoms with E-state index in [1.165, 1.54) is 12.1 Å². The minimum atomic E-state index is -0.342. The molecule has 116 valence electrons. The Morgan fingerprint density at radius 2 is 2.00 bits per heavy atom. The van der Waals surface area contributed by atoms with Gasteiger partial charge in [-0.05, 0) is 30.5 Å². The van der Waals surface area contributed by atoms with Gasteiger partial charge in [-0.1, -0.05) is 12.1 Å². The number of carbonyl (C=O) groups is 2. The number of halogens is 1. The molecule has 0 spiro atoms. The highest BCUT2D eigenvalue weighted by atomic mass is 19.1. The van der Waals surface area contributed by atoms with Gasteiger partial charge in [-0.25, -0.2) is 14.4 Å². The molecule has 1 heterocycles. The first-order chi connectivity index (χ1) is 10.5. The van der Waals surface area contributed by atoms with Gasteiger partial charge in [0.25, 0.3) is 0 Å². The van der Waals surface area contributed by atoms with Crippen molar-refractivity contribution in [2.24, 2.45) is 0 Å². The third kappa shape index (κ3) is 2.46. The van der Waals surface area contributed by atoms with Gasteiger partial charge in [-0.3, -0.25) is 9.59 Å². The highest BCUT2D eigenvalue weighted by Crippen LogP contribution is 2.41. The van der Waals surface area contributed by atoms with Gasteiger partial charge < -0.3 is 0 Å². The lowest BCUT2D eigenvalue weighted by Gasteiger charge is -2.41. The number of hydrogen-bond donors (Lipinski definition) is 0. The van der Waals surface area contributed by atoms with Crippen molar-refractivity contribution < 1.29 is 14.0 Å². The van der Waals surface area contributed by atoms with Crippen LogP contribution in [0.25, 0.3) is 0 Å². The molecule has 3 rings (SSSR count). The van der Waals surface area contributed by atoms with Crippen molar-refractivity contribution in [3.63, 3.8) is 0 Å². The predicted molar refractivity (Wildman–Crippen MR) is 80.2 cm³/mol. The molecule has 0 bridgehead atoms. The summed E-state index contributed by atoms with van der Waals surface area (Å²) in [6.07, 6.45) is 2.16. The second-order valence-electron chi connectivity index (χ2n) is 6.00. The molecule has 0 aromatic heterocycles. The molecular formula is C17H19FN2O2. The Bertz CT molecular complexity index is 666. The molecule has 0 saturated carbocycles. The summed E-state index contributed by atoms with van der Waals surface area (Å²) in [5.74, 6) is -0.643. The monoisotopic (exact) mass is 302 g/mol. The van der Waals surface area contributed by atoms with E-state index >= 15 is 0 Å². The zero-order valence-electron chi connectivity index (χ0n) is 12.8. The molecular weight excluding hydrogens is 283 g/mol. The largest absolute Gasteiger partial charge is 0.294 e. The molecule has 0 N–H and O–H groups in total. The van der Waals surface area contributed by atoms with Crippen LogP contribution in [0, 0.1) is 5.82 Å². The van der Waals surface area contributed by atoms with Gasteiger partial charge in [0.05, 0.1) is 0 Å². The SMILES string of the molecule is CN(C)N1C(=O)CC(c2cccc(F)c2)C2=C1CCCC2=O. The van der Waals surface area contributed by atoms with E-state index in [2.05, 4.69) is 0 Å². The van der Waals surface area contributed by atoms with Crippen molar-refractivity contribution >= 4 is 11.7 Å². The first-order valence-electron chi connectivity index (χ1n) is 7.51. The summed E-state index contributed by atoms with van der Waals surface area (Å²) in [4.78, 5) is 25.0. The molecule has 1 atom stereocenters. The third-order valence-electron chi connectivity index (χ3n) is 4.30. The van der Waals surface area contributed by atoms with Crippen LogP contribution in [-0.4, -0.2) is 35.8 Å². The van der Waals surface area contributed by atoms with Crippen molar-refractivity contribution in [2.45, 2.75) is 31.6 Å². The van der Waals surface area contributed by atoms with Crippen LogP contribution in [0.2, 0.25) is 0 Å². The number of ketones is 1. The Kier molecular flexibility index (Phi) is 3.83. The van der Waals surface area contributed by atoms with Crippen LogP contribution in [0.1, 0.15) is 37.2 Å². The molecule has 2 aliphatic rings. The van der Waals surface area contributed by atoms with Gasteiger partial charge in [-0.15, -0.1) is 0 Å². The Hall–Kier alpha value is -2.01. The lowest BCUT2D eigenvalue weighted by Crippen LogP contribution is -2.47. The minimum Gasteiger partial charge on any atom is -0.294 e. The van der Waals surface area contributed by atoms with Crippen LogP contribution in [0.3, 0.4) is 0 Å². The molecule has 5 heteroatoms. The molecule has 1 unspecified atom stereocenters. The first kappa shape index (κ1) is 14.9. The number of rotatable bonds is 2. The topological polar surface area (TPSA) is 40.6 Å². The number of allylic oxidation sites excluding steroid dienone is 2. The highest BCUT2D eigenvalue weighted by Gasteiger charge is 2.39. The summed E-state index contributed by atoms with van der Waals surface area (Å²) in [5.41, 5.74) is 2.17. The maximum Gasteiger partial charge on any atom is 0.242 e. The van der Waals surface area contributed by atoms with Gasteiger partial charge in [-0.2, -0.15) is 0 Å². The van der Waals surface area contributed by atoms with Crippen LogP contribution < -0.4 is 0 Å². The number of amides is 1. The van der Waals surface area contributed by atoms with Crippen molar-refractivity contribution in [1.29, 1.82) is 0 Å². The summed E-state index contributed by atoms with van der Waals surface area (Å²) in [5, 5.41) is 3.32. The fraction of sp³-hybridized carbons (Fsp3) is 0.412. The van der Waals surface area contributed by atoms with Crippen molar-refractivity contribution in [2.75, 3.05) is 14.1 Å². The van der Waals surface area contributed by atoms with Crippen molar-refractivity contribution in [3.8, 4) is 0 Å². The molecule has 1 amide bonds. The van der Waals surface area contributed by atoms with Crippen LogP contribution >= 0.6 is 0 Å². The van der Waals surface area contributed by atoms with Gasteiger partial charge in [0.15, 0.2) is 5.78 Å². The molecule has 1 aromatic rings. The summed E-state index contributed by atoms with van der Waals surface area (Å²) in [7, 11) is 3.59. The average molecular weight is 302 g/mol. The van der Waals surface area contributed by atoms with E-state index < -0.39 is 0 Å². The van der Waals surface area contributed by atoms with Crippen molar-refractivity contribution in [3.05, 3.63) is 46.9 Å². The summed E-state index contributed by atoms with van der Waals surface area (Å²) in [6.45, 7) is 0. The van der Waals surface area contributed by atoms with E-state index in [4.69, 9.17) is 0 Å². The Morgan fingerprint density at radius 3 is 2.68 bits per heavy atom. The summed E-state index contributed by atoms with van der Waals surface area (Å²) < 4.78 is 13.5. The number of nitrogens with zero attached hydrogens (tertiary/aromatic N) is 2. The van der Waals surface area contributed by atoms with E-state index in [0.717, 1.165) is 12.1 Å². The summed E-state index contributed by atoms with van der Waals surface area (Å²) in [6, 6.07) is 6.22. The maximum atomic E-state index is 13.5. The van der Waals surface area contributed by atoms with Crippen LogP contribution in [0.15, 0.2) is 35.5 Å². The smallest absolute Gasteiger partial charge is 0.242 e. The molecule has 0 saturated heterocycles. The lowest BCUT2D eigenvalue weighted by atomic mass is 9.77. The number of carbonyl (C=O) groups excluding carboxylic acids is 2. The molecule has 22 heavy (non-hydrogen) atoms. The fourth-order valence-electron chi connectivity index (χ4n) is 3.45. The standard InChI is InChI=1S/C17H19FN2O2/c1-19(2)20-14-7-4-8-15(21)17(14)13(10-16(20)22)11-5-3-6-12(18)9-11/h3,5-6,9,13H,4,7-8,10H2,1-2H3. The highest BCUT2D eigenvalue weighted by molar-refractivity contribution is 6.01. The van der Waals surface area contributed by atoms with Gasteiger partial charge in [0, 0.05) is 44.1 Å². The van der Waals surface area contributed by atoms with Gasteiger partial charge >= 0.3 is 0 Å². The Labute approximate surface area is 129 Å². The lowest BCUT2D eigenvalue weighted by molar-refractivity contribution is -0.143. The number of hydrogen-bond acceptors (Lipinski definition) is 3. The number of benzene rings is 1.